The number of hydrogen-bond donors (Lipinski definition) is 2. The van der Waals surface area contributed by atoms with Gasteiger partial charge in [-0.3, -0.25) is 4.79 Å². The molecule has 2 aromatic carbocycles. The van der Waals surface area contributed by atoms with Crippen LogP contribution in [0.25, 0.3) is 11.1 Å². The van der Waals surface area contributed by atoms with Crippen molar-refractivity contribution in [1.29, 1.82) is 0 Å². The van der Waals surface area contributed by atoms with Gasteiger partial charge in [-0.05, 0) is 91.5 Å². The van der Waals surface area contributed by atoms with Gasteiger partial charge in [0.1, 0.15) is 22.1 Å². The van der Waals surface area contributed by atoms with Crippen molar-refractivity contribution in [3.05, 3.63) is 57.5 Å². The SMILES string of the molecule is COc1ccc(-c2csc(NC(=O)c3cc(I)c(OC)c(I)c3I)c2C(=O)O)cc1. The molecule has 0 fully saturated rings. The molecule has 1 aromatic heterocycles. The summed E-state index contributed by atoms with van der Waals surface area (Å²) in [6, 6.07) is 8.84. The van der Waals surface area contributed by atoms with E-state index in [1.54, 1.807) is 49.9 Å². The molecule has 0 aliphatic carbocycles. The number of nitrogens with one attached hydrogen (secondary N) is 1. The predicted molar refractivity (Wildman–Crippen MR) is 142 cm³/mol. The van der Waals surface area contributed by atoms with E-state index in [0.717, 1.165) is 16.3 Å². The van der Waals surface area contributed by atoms with E-state index in [2.05, 4.69) is 73.1 Å². The topological polar surface area (TPSA) is 84.9 Å². The molecule has 0 spiro atoms. The van der Waals surface area contributed by atoms with Gasteiger partial charge >= 0.3 is 5.97 Å². The van der Waals surface area contributed by atoms with Gasteiger partial charge in [0.15, 0.2) is 0 Å². The van der Waals surface area contributed by atoms with E-state index < -0.39 is 5.97 Å². The number of carboxylic acid groups (broad SMARTS) is 1. The average Bonchev–Trinajstić information content (AvgIpc) is 3.14. The lowest BCUT2D eigenvalue weighted by Crippen LogP contribution is -2.16. The van der Waals surface area contributed by atoms with E-state index in [1.165, 1.54) is 11.3 Å². The van der Waals surface area contributed by atoms with Gasteiger partial charge in [0.05, 0.1) is 26.9 Å². The maximum Gasteiger partial charge on any atom is 0.339 e. The zero-order valence-corrected chi connectivity index (χ0v) is 22.9. The number of aromatic carboxylic acids is 1. The van der Waals surface area contributed by atoms with Crippen LogP contribution < -0.4 is 14.8 Å². The maximum absolute atomic E-state index is 13.0. The van der Waals surface area contributed by atoms with Crippen LogP contribution in [0.1, 0.15) is 20.7 Å². The quantitative estimate of drug-likeness (QED) is 0.231. The van der Waals surface area contributed by atoms with E-state index >= 15 is 0 Å². The highest BCUT2D eigenvalue weighted by Crippen LogP contribution is 2.38. The lowest BCUT2D eigenvalue weighted by molar-refractivity contribution is 0.0699. The predicted octanol–water partition coefficient (Wildman–Crippen LogP) is 6.20. The number of benzene rings is 2. The minimum absolute atomic E-state index is 0.0615. The van der Waals surface area contributed by atoms with Crippen LogP contribution in [0.15, 0.2) is 35.7 Å². The first kappa shape index (κ1) is 23.5. The van der Waals surface area contributed by atoms with Crippen molar-refractivity contribution >= 4 is 96.0 Å². The number of ether oxygens (including phenoxy) is 2. The van der Waals surface area contributed by atoms with Gasteiger partial charge in [-0.15, -0.1) is 11.3 Å². The number of carbonyl (C=O) groups is 2. The van der Waals surface area contributed by atoms with Crippen molar-refractivity contribution in [2.75, 3.05) is 19.5 Å². The fraction of sp³-hybridized carbons (Fsp3) is 0.100. The molecule has 1 heterocycles. The van der Waals surface area contributed by atoms with Crippen LogP contribution in [0.3, 0.4) is 0 Å². The third-order valence-electron chi connectivity index (χ3n) is 4.20. The highest BCUT2D eigenvalue weighted by atomic mass is 127. The van der Waals surface area contributed by atoms with E-state index in [9.17, 15) is 14.7 Å². The molecule has 0 bridgehead atoms. The molecular formula is C20H14I3NO5S. The van der Waals surface area contributed by atoms with E-state index in [1.807, 2.05) is 0 Å². The maximum atomic E-state index is 13.0. The Morgan fingerprint density at radius 3 is 2.27 bits per heavy atom. The van der Waals surface area contributed by atoms with Crippen molar-refractivity contribution in [1.82, 2.24) is 0 Å². The largest absolute Gasteiger partial charge is 0.497 e. The van der Waals surface area contributed by atoms with Crippen LogP contribution in [0.5, 0.6) is 11.5 Å². The van der Waals surface area contributed by atoms with Crippen molar-refractivity contribution in [3.8, 4) is 22.6 Å². The van der Waals surface area contributed by atoms with E-state index in [0.29, 0.717) is 22.6 Å². The molecule has 6 nitrogen and oxygen atoms in total. The Hall–Kier alpha value is -1.13. The summed E-state index contributed by atoms with van der Waals surface area (Å²) in [5, 5.41) is 14.6. The highest BCUT2D eigenvalue weighted by Gasteiger charge is 2.24. The first-order valence-corrected chi connectivity index (χ1v) is 12.4. The molecule has 0 aliphatic heterocycles. The number of rotatable bonds is 6. The van der Waals surface area contributed by atoms with Gasteiger partial charge in [-0.2, -0.15) is 0 Å². The van der Waals surface area contributed by atoms with E-state index in [4.69, 9.17) is 9.47 Å². The second-order valence-corrected chi connectivity index (χ2v) is 10.1. The molecule has 0 saturated heterocycles. The number of carboxylic acids is 1. The van der Waals surface area contributed by atoms with Crippen molar-refractivity contribution in [3.63, 3.8) is 0 Å². The van der Waals surface area contributed by atoms with E-state index in [-0.39, 0.29) is 16.5 Å². The zero-order chi connectivity index (χ0) is 22.0. The molecule has 0 unspecified atom stereocenters. The van der Waals surface area contributed by atoms with Gasteiger partial charge in [-0.1, -0.05) is 12.1 Å². The lowest BCUT2D eigenvalue weighted by Gasteiger charge is -2.13. The molecule has 0 atom stereocenters. The molecule has 3 aromatic rings. The number of methoxy groups -OCH3 is 2. The summed E-state index contributed by atoms with van der Waals surface area (Å²) in [7, 11) is 3.15. The molecule has 10 heteroatoms. The van der Waals surface area contributed by atoms with Gasteiger partial charge in [0, 0.05) is 14.5 Å². The van der Waals surface area contributed by atoms with Crippen LogP contribution in [-0.4, -0.2) is 31.2 Å². The summed E-state index contributed by atoms with van der Waals surface area (Å²) in [6.45, 7) is 0. The summed E-state index contributed by atoms with van der Waals surface area (Å²) in [5.74, 6) is -0.0894. The third-order valence-corrected chi connectivity index (χ3v) is 9.08. The molecule has 156 valence electrons. The molecule has 30 heavy (non-hydrogen) atoms. The first-order valence-electron chi connectivity index (χ1n) is 8.30. The first-order chi connectivity index (χ1) is 14.3. The van der Waals surface area contributed by atoms with Gasteiger partial charge in [0.25, 0.3) is 5.91 Å². The van der Waals surface area contributed by atoms with Crippen molar-refractivity contribution in [2.45, 2.75) is 0 Å². The van der Waals surface area contributed by atoms with Crippen molar-refractivity contribution in [2.24, 2.45) is 0 Å². The molecule has 0 radical (unpaired) electrons. The fourth-order valence-corrected chi connectivity index (χ4v) is 6.47. The second kappa shape index (κ2) is 9.99. The van der Waals surface area contributed by atoms with Crippen LogP contribution in [0.2, 0.25) is 0 Å². The van der Waals surface area contributed by atoms with Gasteiger partial charge in [-0.25, -0.2) is 4.79 Å². The highest BCUT2D eigenvalue weighted by molar-refractivity contribution is 14.1. The molecule has 2 N–H and O–H groups in total. The summed E-state index contributed by atoms with van der Waals surface area (Å²) in [6.07, 6.45) is 0. The third kappa shape index (κ3) is 4.70. The summed E-state index contributed by atoms with van der Waals surface area (Å²) in [5.41, 5.74) is 1.79. The lowest BCUT2D eigenvalue weighted by atomic mass is 10.0. The second-order valence-electron chi connectivity index (χ2n) is 5.91. The Morgan fingerprint density at radius 2 is 1.70 bits per heavy atom. The number of carbonyl (C=O) groups excluding carboxylic acids is 1. The van der Waals surface area contributed by atoms with Crippen molar-refractivity contribution < 1.29 is 24.2 Å². The summed E-state index contributed by atoms with van der Waals surface area (Å²) < 4.78 is 12.9. The molecule has 0 aliphatic rings. The number of halogens is 3. The smallest absolute Gasteiger partial charge is 0.339 e. The van der Waals surface area contributed by atoms with Gasteiger partial charge in [0.2, 0.25) is 0 Å². The van der Waals surface area contributed by atoms with Crippen LogP contribution in [0.4, 0.5) is 5.00 Å². The minimum Gasteiger partial charge on any atom is -0.497 e. The molecule has 0 saturated carbocycles. The normalized spacial score (nSPS) is 10.6. The van der Waals surface area contributed by atoms with Crippen LogP contribution in [0, 0.1) is 10.7 Å². The minimum atomic E-state index is -1.11. The molecular weight excluding hydrogens is 747 g/mol. The Balaban J connectivity index is 1.98. The summed E-state index contributed by atoms with van der Waals surface area (Å²) in [4.78, 5) is 25.0. The number of thiophene rings is 1. The zero-order valence-electron chi connectivity index (χ0n) is 15.6. The number of anilines is 1. The average molecular weight is 761 g/mol. The number of amides is 1. The van der Waals surface area contributed by atoms with Crippen LogP contribution in [-0.2, 0) is 0 Å². The molecule has 3 rings (SSSR count). The fourth-order valence-electron chi connectivity index (χ4n) is 2.75. The van der Waals surface area contributed by atoms with Gasteiger partial charge < -0.3 is 19.9 Å². The van der Waals surface area contributed by atoms with Crippen LogP contribution >= 0.6 is 79.1 Å². The Kier molecular flexibility index (Phi) is 7.84. The Labute approximate surface area is 217 Å². The summed E-state index contributed by atoms with van der Waals surface area (Å²) >= 11 is 7.52. The Bertz CT molecular complexity index is 1130. The standard InChI is InChI=1S/C20H14I3NO5S/c1-28-10-5-3-9(4-6-10)12-8-30-19(14(12)20(26)27)24-18(25)11-7-13(21)17(29-2)16(23)15(11)22/h3-8H,1-2H3,(H,24,25)(H,26,27). The molecule has 1 amide bonds. The number of hydrogen-bond acceptors (Lipinski definition) is 5. The monoisotopic (exact) mass is 761 g/mol. The Morgan fingerprint density at radius 1 is 1.03 bits per heavy atom.